The van der Waals surface area contributed by atoms with Crippen LogP contribution >= 0.6 is 43.2 Å². The Hall–Kier alpha value is 0.570. The molecule has 7 heteroatoms. The van der Waals surface area contributed by atoms with Gasteiger partial charge in [0.15, 0.2) is 0 Å². The lowest BCUT2D eigenvalue weighted by Crippen LogP contribution is -2.27. The SMILES string of the molecule is CN(CCCBr)S(=O)(=O)c1ccc(Br)s1. The Kier molecular flexibility index (Phi) is 5.24. The van der Waals surface area contributed by atoms with Gasteiger partial charge in [-0.05, 0) is 34.5 Å². The van der Waals surface area contributed by atoms with E-state index in [1.165, 1.54) is 15.6 Å². The molecule has 0 saturated heterocycles. The molecule has 0 atom stereocenters. The Morgan fingerprint density at radius 3 is 2.60 bits per heavy atom. The van der Waals surface area contributed by atoms with Crippen molar-refractivity contribution in [2.45, 2.75) is 10.6 Å². The average Bonchev–Trinajstić information content (AvgIpc) is 2.61. The number of halogens is 2. The lowest BCUT2D eigenvalue weighted by molar-refractivity contribution is 0.472. The number of alkyl halides is 1. The van der Waals surface area contributed by atoms with Crippen LogP contribution in [0.5, 0.6) is 0 Å². The lowest BCUT2D eigenvalue weighted by atomic mass is 10.5. The summed E-state index contributed by atoms with van der Waals surface area (Å²) in [4.78, 5) is 0. The third-order valence-corrected chi connectivity index (χ3v) is 6.33. The van der Waals surface area contributed by atoms with Crippen molar-refractivity contribution in [3.63, 3.8) is 0 Å². The summed E-state index contributed by atoms with van der Waals surface area (Å²) in [7, 11) is -1.69. The summed E-state index contributed by atoms with van der Waals surface area (Å²) in [5, 5.41) is 0.807. The molecule has 1 aromatic rings. The van der Waals surface area contributed by atoms with Gasteiger partial charge in [0, 0.05) is 18.9 Å². The fraction of sp³-hybridized carbons (Fsp3) is 0.500. The first-order valence-corrected chi connectivity index (χ1v) is 8.43. The van der Waals surface area contributed by atoms with E-state index < -0.39 is 10.0 Å². The maximum atomic E-state index is 12.0. The first-order chi connectivity index (χ1) is 6.98. The Labute approximate surface area is 111 Å². The van der Waals surface area contributed by atoms with Gasteiger partial charge in [-0.25, -0.2) is 12.7 Å². The van der Waals surface area contributed by atoms with Gasteiger partial charge < -0.3 is 0 Å². The van der Waals surface area contributed by atoms with Gasteiger partial charge in [0.2, 0.25) is 0 Å². The zero-order valence-electron chi connectivity index (χ0n) is 8.11. The van der Waals surface area contributed by atoms with Crippen molar-refractivity contribution in [2.75, 3.05) is 18.9 Å². The average molecular weight is 377 g/mol. The predicted octanol–water partition coefficient (Wildman–Crippen LogP) is 2.92. The second kappa shape index (κ2) is 5.77. The van der Waals surface area contributed by atoms with Gasteiger partial charge in [-0.15, -0.1) is 11.3 Å². The molecule has 1 aromatic heterocycles. The van der Waals surface area contributed by atoms with Gasteiger partial charge in [0.05, 0.1) is 3.79 Å². The van der Waals surface area contributed by atoms with Crippen LogP contribution in [0.2, 0.25) is 0 Å². The largest absolute Gasteiger partial charge is 0.252 e. The summed E-state index contributed by atoms with van der Waals surface area (Å²) in [6.45, 7) is 0.531. The molecule has 0 amide bonds. The first kappa shape index (κ1) is 13.6. The number of sulfonamides is 1. The van der Waals surface area contributed by atoms with E-state index in [4.69, 9.17) is 0 Å². The van der Waals surface area contributed by atoms with Gasteiger partial charge >= 0.3 is 0 Å². The van der Waals surface area contributed by atoms with Crippen molar-refractivity contribution in [3.8, 4) is 0 Å². The van der Waals surface area contributed by atoms with E-state index >= 15 is 0 Å². The van der Waals surface area contributed by atoms with Gasteiger partial charge in [-0.3, -0.25) is 0 Å². The number of hydrogen-bond acceptors (Lipinski definition) is 3. The maximum absolute atomic E-state index is 12.0. The molecular formula is C8H11Br2NO2S2. The molecule has 3 nitrogen and oxygen atoms in total. The molecular weight excluding hydrogens is 366 g/mol. The molecule has 0 aliphatic rings. The summed E-state index contributed by atoms with van der Waals surface area (Å²) in [6, 6.07) is 3.37. The van der Waals surface area contributed by atoms with Crippen molar-refractivity contribution >= 4 is 53.2 Å². The van der Waals surface area contributed by atoms with E-state index in [2.05, 4.69) is 31.9 Å². The quantitative estimate of drug-likeness (QED) is 0.741. The molecule has 0 aliphatic heterocycles. The van der Waals surface area contributed by atoms with Crippen LogP contribution in [0.15, 0.2) is 20.1 Å². The molecule has 15 heavy (non-hydrogen) atoms. The van der Waals surface area contributed by atoms with Gasteiger partial charge in [0.25, 0.3) is 10.0 Å². The Bertz CT molecular complexity index is 416. The van der Waals surface area contributed by atoms with Crippen LogP contribution in [0.1, 0.15) is 6.42 Å². The summed E-state index contributed by atoms with van der Waals surface area (Å²) in [6.07, 6.45) is 0.808. The predicted molar refractivity (Wildman–Crippen MR) is 70.2 cm³/mol. The van der Waals surface area contributed by atoms with Crippen LogP contribution in [-0.4, -0.2) is 31.6 Å². The minimum absolute atomic E-state index is 0.381. The Morgan fingerprint density at radius 2 is 2.13 bits per heavy atom. The summed E-state index contributed by atoms with van der Waals surface area (Å²) in [5.41, 5.74) is 0. The monoisotopic (exact) mass is 375 g/mol. The van der Waals surface area contributed by atoms with Crippen LogP contribution in [0.4, 0.5) is 0 Å². The molecule has 0 N–H and O–H groups in total. The lowest BCUT2D eigenvalue weighted by Gasteiger charge is -2.14. The van der Waals surface area contributed by atoms with Crippen LogP contribution in [-0.2, 0) is 10.0 Å². The number of rotatable bonds is 5. The molecule has 1 heterocycles. The minimum atomic E-state index is -3.29. The fourth-order valence-corrected chi connectivity index (χ4v) is 4.67. The maximum Gasteiger partial charge on any atom is 0.252 e. The zero-order chi connectivity index (χ0) is 11.5. The molecule has 1 rings (SSSR count). The third kappa shape index (κ3) is 3.52. The van der Waals surface area contributed by atoms with Crippen molar-refractivity contribution in [2.24, 2.45) is 0 Å². The Balaban J connectivity index is 2.83. The molecule has 0 aliphatic carbocycles. The molecule has 0 bridgehead atoms. The zero-order valence-corrected chi connectivity index (χ0v) is 12.9. The van der Waals surface area contributed by atoms with Crippen molar-refractivity contribution in [3.05, 3.63) is 15.9 Å². The molecule has 0 unspecified atom stereocenters. The van der Waals surface area contributed by atoms with E-state index in [1.807, 2.05) is 0 Å². The summed E-state index contributed by atoms with van der Waals surface area (Å²) >= 11 is 7.76. The summed E-state index contributed by atoms with van der Waals surface area (Å²) in [5.74, 6) is 0. The molecule has 0 fully saturated rings. The second-order valence-electron chi connectivity index (χ2n) is 2.93. The first-order valence-electron chi connectivity index (χ1n) is 4.26. The number of hydrogen-bond donors (Lipinski definition) is 0. The Morgan fingerprint density at radius 1 is 1.47 bits per heavy atom. The van der Waals surface area contributed by atoms with E-state index in [-0.39, 0.29) is 0 Å². The van der Waals surface area contributed by atoms with Crippen molar-refractivity contribution < 1.29 is 8.42 Å². The molecule has 0 saturated carbocycles. The number of thiophene rings is 1. The molecule has 0 aromatic carbocycles. The van der Waals surface area contributed by atoms with E-state index in [0.29, 0.717) is 10.8 Å². The van der Waals surface area contributed by atoms with Gasteiger partial charge in [-0.1, -0.05) is 15.9 Å². The fourth-order valence-electron chi connectivity index (χ4n) is 0.993. The van der Waals surface area contributed by atoms with Crippen LogP contribution < -0.4 is 0 Å². The standard InChI is InChI=1S/C8H11Br2NO2S2/c1-11(6-2-5-9)15(12,13)8-4-3-7(10)14-8/h3-4H,2,5-6H2,1H3. The van der Waals surface area contributed by atoms with Gasteiger partial charge in [0.1, 0.15) is 4.21 Å². The van der Waals surface area contributed by atoms with Crippen molar-refractivity contribution in [1.29, 1.82) is 0 Å². The highest BCUT2D eigenvalue weighted by Gasteiger charge is 2.21. The summed E-state index contributed by atoms with van der Waals surface area (Å²) < 4.78 is 26.5. The number of nitrogens with zero attached hydrogens (tertiary/aromatic N) is 1. The minimum Gasteiger partial charge on any atom is -0.206 e. The topological polar surface area (TPSA) is 37.4 Å². The van der Waals surface area contributed by atoms with E-state index in [9.17, 15) is 8.42 Å². The van der Waals surface area contributed by atoms with Gasteiger partial charge in [-0.2, -0.15) is 0 Å². The van der Waals surface area contributed by atoms with Crippen molar-refractivity contribution in [1.82, 2.24) is 4.31 Å². The third-order valence-electron chi connectivity index (χ3n) is 1.82. The van der Waals surface area contributed by atoms with E-state index in [0.717, 1.165) is 15.5 Å². The smallest absolute Gasteiger partial charge is 0.206 e. The second-order valence-corrected chi connectivity index (χ2v) is 8.46. The highest BCUT2D eigenvalue weighted by Crippen LogP contribution is 2.27. The normalized spacial score (nSPS) is 12.3. The van der Waals surface area contributed by atoms with Crippen LogP contribution in [0.25, 0.3) is 0 Å². The van der Waals surface area contributed by atoms with Crippen LogP contribution in [0, 0.1) is 0 Å². The van der Waals surface area contributed by atoms with E-state index in [1.54, 1.807) is 19.2 Å². The molecule has 86 valence electrons. The highest BCUT2D eigenvalue weighted by molar-refractivity contribution is 9.11. The van der Waals surface area contributed by atoms with Crippen LogP contribution in [0.3, 0.4) is 0 Å². The molecule has 0 spiro atoms. The molecule has 0 radical (unpaired) electrons. The highest BCUT2D eigenvalue weighted by atomic mass is 79.9.